The third-order valence-corrected chi connectivity index (χ3v) is 3.72. The van der Waals surface area contributed by atoms with Crippen molar-refractivity contribution in [2.45, 2.75) is 13.0 Å². The van der Waals surface area contributed by atoms with Crippen molar-refractivity contribution in [3.05, 3.63) is 71.4 Å². The number of nitrogens with one attached hydrogen (secondary N) is 1. The zero-order chi connectivity index (χ0) is 13.9. The average molecular weight is 283 g/mol. The highest BCUT2D eigenvalue weighted by atomic mass is 35.5. The summed E-state index contributed by atoms with van der Waals surface area (Å²) < 4.78 is 0. The van der Waals surface area contributed by atoms with E-state index in [2.05, 4.69) is 29.4 Å². The van der Waals surface area contributed by atoms with Gasteiger partial charge in [-0.25, -0.2) is 0 Å². The van der Waals surface area contributed by atoms with E-state index < -0.39 is 0 Å². The third-order valence-electron chi connectivity index (χ3n) is 3.39. The fourth-order valence-corrected chi connectivity index (χ4v) is 2.53. The summed E-state index contributed by atoms with van der Waals surface area (Å²) in [5.41, 5.74) is 3.15. The van der Waals surface area contributed by atoms with Gasteiger partial charge in [0.05, 0.1) is 16.2 Å². The van der Waals surface area contributed by atoms with Crippen LogP contribution < -0.4 is 5.32 Å². The minimum absolute atomic E-state index is 0.211. The highest BCUT2D eigenvalue weighted by Gasteiger charge is 2.09. The Balaban J connectivity index is 1.97. The quantitative estimate of drug-likeness (QED) is 0.726. The summed E-state index contributed by atoms with van der Waals surface area (Å²) in [5, 5.41) is 5.21. The summed E-state index contributed by atoms with van der Waals surface area (Å²) in [6.45, 7) is 2.14. The van der Waals surface area contributed by atoms with Gasteiger partial charge < -0.3 is 5.32 Å². The molecule has 0 radical (unpaired) electrons. The van der Waals surface area contributed by atoms with Crippen molar-refractivity contribution in [2.24, 2.45) is 0 Å². The molecule has 2 aromatic carbocycles. The van der Waals surface area contributed by atoms with Gasteiger partial charge in [0, 0.05) is 17.6 Å². The van der Waals surface area contributed by atoms with Gasteiger partial charge in [-0.15, -0.1) is 0 Å². The number of benzene rings is 2. The van der Waals surface area contributed by atoms with Crippen molar-refractivity contribution in [3.8, 4) is 0 Å². The van der Waals surface area contributed by atoms with Gasteiger partial charge in [-0.2, -0.15) is 0 Å². The molecule has 2 nitrogen and oxygen atoms in total. The molecule has 3 rings (SSSR count). The van der Waals surface area contributed by atoms with Crippen LogP contribution in [-0.4, -0.2) is 4.98 Å². The summed E-state index contributed by atoms with van der Waals surface area (Å²) in [4.78, 5) is 4.44. The highest BCUT2D eigenvalue weighted by molar-refractivity contribution is 6.35. The number of rotatable bonds is 3. The van der Waals surface area contributed by atoms with Gasteiger partial charge in [-0.05, 0) is 36.8 Å². The van der Waals surface area contributed by atoms with Crippen molar-refractivity contribution in [1.29, 1.82) is 0 Å². The van der Waals surface area contributed by atoms with Crippen LogP contribution in [0.15, 0.2) is 60.8 Å². The molecule has 1 aromatic heterocycles. The van der Waals surface area contributed by atoms with E-state index >= 15 is 0 Å². The first-order valence-corrected chi connectivity index (χ1v) is 6.98. The second kappa shape index (κ2) is 5.51. The van der Waals surface area contributed by atoms with Crippen LogP contribution in [0.3, 0.4) is 0 Å². The topological polar surface area (TPSA) is 24.9 Å². The van der Waals surface area contributed by atoms with E-state index in [1.165, 1.54) is 5.56 Å². The van der Waals surface area contributed by atoms with Crippen LogP contribution in [0, 0.1) is 0 Å². The summed E-state index contributed by atoms with van der Waals surface area (Å²) in [5.74, 6) is 0. The zero-order valence-corrected chi connectivity index (χ0v) is 11.9. The van der Waals surface area contributed by atoms with E-state index in [4.69, 9.17) is 11.6 Å². The molecular formula is C17H15ClN2. The molecule has 0 fully saturated rings. The maximum atomic E-state index is 6.21. The first-order valence-electron chi connectivity index (χ1n) is 6.60. The lowest BCUT2D eigenvalue weighted by Crippen LogP contribution is -2.07. The van der Waals surface area contributed by atoms with Gasteiger partial charge >= 0.3 is 0 Å². The number of fused-ring (bicyclic) bond motifs is 1. The van der Waals surface area contributed by atoms with Crippen LogP contribution in [0.5, 0.6) is 0 Å². The third kappa shape index (κ3) is 2.47. The Morgan fingerprint density at radius 3 is 2.60 bits per heavy atom. The van der Waals surface area contributed by atoms with E-state index in [0.29, 0.717) is 0 Å². The molecule has 1 atom stereocenters. The van der Waals surface area contributed by atoms with E-state index in [-0.39, 0.29) is 6.04 Å². The Hall–Kier alpha value is -2.06. The number of hydrogen-bond donors (Lipinski definition) is 1. The second-order valence-corrected chi connectivity index (χ2v) is 5.18. The van der Waals surface area contributed by atoms with Crippen molar-refractivity contribution in [1.82, 2.24) is 4.98 Å². The predicted molar refractivity (Wildman–Crippen MR) is 85.2 cm³/mol. The monoisotopic (exact) mass is 282 g/mol. The lowest BCUT2D eigenvalue weighted by atomic mass is 10.1. The Morgan fingerprint density at radius 2 is 1.80 bits per heavy atom. The molecule has 1 heterocycles. The molecule has 0 saturated heterocycles. The Kier molecular flexibility index (Phi) is 3.57. The molecule has 0 amide bonds. The molecule has 3 heteroatoms. The zero-order valence-electron chi connectivity index (χ0n) is 11.2. The van der Waals surface area contributed by atoms with Crippen molar-refractivity contribution in [2.75, 3.05) is 5.32 Å². The van der Waals surface area contributed by atoms with Gasteiger partial charge in [0.25, 0.3) is 0 Å². The predicted octanol–water partition coefficient (Wildman–Crippen LogP) is 5.06. The Bertz CT molecular complexity index is 725. The van der Waals surface area contributed by atoms with Gasteiger partial charge in [0.1, 0.15) is 0 Å². The van der Waals surface area contributed by atoms with E-state index in [1.807, 2.05) is 42.5 Å². The number of aromatic nitrogens is 1. The molecule has 1 unspecified atom stereocenters. The number of pyridine rings is 1. The number of halogens is 1. The Labute approximate surface area is 123 Å². The molecule has 0 bridgehead atoms. The normalized spacial score (nSPS) is 12.3. The highest BCUT2D eigenvalue weighted by Crippen LogP contribution is 2.30. The van der Waals surface area contributed by atoms with Crippen LogP contribution in [0.2, 0.25) is 5.02 Å². The summed E-state index contributed by atoms with van der Waals surface area (Å²) in [6, 6.07) is 18.3. The van der Waals surface area contributed by atoms with E-state index in [1.54, 1.807) is 6.20 Å². The van der Waals surface area contributed by atoms with Gasteiger partial charge in [-0.3, -0.25) is 4.98 Å². The molecule has 100 valence electrons. The largest absolute Gasteiger partial charge is 0.377 e. The van der Waals surface area contributed by atoms with Crippen LogP contribution in [0.4, 0.5) is 5.69 Å². The molecular weight excluding hydrogens is 268 g/mol. The summed E-state index contributed by atoms with van der Waals surface area (Å²) in [6.07, 6.45) is 1.79. The van der Waals surface area contributed by atoms with Gasteiger partial charge in [-0.1, -0.05) is 41.9 Å². The lowest BCUT2D eigenvalue weighted by Gasteiger charge is -2.17. The summed E-state index contributed by atoms with van der Waals surface area (Å²) in [7, 11) is 0. The van der Waals surface area contributed by atoms with Gasteiger partial charge in [0.15, 0.2) is 0 Å². The van der Waals surface area contributed by atoms with Gasteiger partial charge in [0.2, 0.25) is 0 Å². The maximum Gasteiger partial charge on any atom is 0.0948 e. The van der Waals surface area contributed by atoms with Crippen molar-refractivity contribution < 1.29 is 0 Å². The van der Waals surface area contributed by atoms with Crippen molar-refractivity contribution in [3.63, 3.8) is 0 Å². The standard InChI is InChI=1S/C17H15ClN2/c1-12(13-6-3-2-4-7-13)20-16-10-9-15(18)14-8-5-11-19-17(14)16/h2-12,20H,1H3. The SMILES string of the molecule is CC(Nc1ccc(Cl)c2cccnc12)c1ccccc1. The van der Waals surface area contributed by atoms with Crippen LogP contribution in [-0.2, 0) is 0 Å². The molecule has 0 aliphatic rings. The minimum atomic E-state index is 0.211. The molecule has 3 aromatic rings. The average Bonchev–Trinajstić information content (AvgIpc) is 2.51. The summed E-state index contributed by atoms with van der Waals surface area (Å²) >= 11 is 6.21. The Morgan fingerprint density at radius 1 is 1.00 bits per heavy atom. The fourth-order valence-electron chi connectivity index (χ4n) is 2.31. The smallest absolute Gasteiger partial charge is 0.0948 e. The maximum absolute atomic E-state index is 6.21. The lowest BCUT2D eigenvalue weighted by molar-refractivity contribution is 0.886. The number of anilines is 1. The minimum Gasteiger partial charge on any atom is -0.377 e. The molecule has 0 aliphatic carbocycles. The first kappa shape index (κ1) is 12.9. The fraction of sp³-hybridized carbons (Fsp3) is 0.118. The van der Waals surface area contributed by atoms with E-state index in [0.717, 1.165) is 21.6 Å². The van der Waals surface area contributed by atoms with Crippen LogP contribution in [0.1, 0.15) is 18.5 Å². The van der Waals surface area contributed by atoms with Crippen LogP contribution >= 0.6 is 11.6 Å². The molecule has 0 spiro atoms. The van der Waals surface area contributed by atoms with E-state index in [9.17, 15) is 0 Å². The first-order chi connectivity index (χ1) is 9.75. The molecule has 0 saturated carbocycles. The number of nitrogens with zero attached hydrogens (tertiary/aromatic N) is 1. The van der Waals surface area contributed by atoms with Crippen LogP contribution in [0.25, 0.3) is 10.9 Å². The van der Waals surface area contributed by atoms with Crippen molar-refractivity contribution >= 4 is 28.2 Å². The molecule has 20 heavy (non-hydrogen) atoms. The second-order valence-electron chi connectivity index (χ2n) is 4.77. The molecule has 1 N–H and O–H groups in total. The molecule has 0 aliphatic heterocycles. The number of hydrogen-bond acceptors (Lipinski definition) is 2.